The number of hydrogen-bond acceptors (Lipinski definition) is 5. The molecule has 2 rings (SSSR count). The van der Waals surface area contributed by atoms with Gasteiger partial charge in [0.25, 0.3) is 5.56 Å². The number of halogens is 1. The third-order valence-corrected chi connectivity index (χ3v) is 3.57. The van der Waals surface area contributed by atoms with E-state index in [0.29, 0.717) is 11.6 Å². The molecule has 1 aliphatic carbocycles. The molecule has 1 aliphatic rings. The molecule has 104 valence electrons. The minimum atomic E-state index is -0.544. The van der Waals surface area contributed by atoms with Crippen LogP contribution in [-0.2, 0) is 16.1 Å². The van der Waals surface area contributed by atoms with Gasteiger partial charge in [-0.2, -0.15) is 5.10 Å². The number of aromatic nitrogens is 2. The van der Waals surface area contributed by atoms with Crippen LogP contribution in [0.2, 0.25) is 5.02 Å². The van der Waals surface area contributed by atoms with E-state index >= 15 is 0 Å². The fourth-order valence-corrected chi connectivity index (χ4v) is 2.03. The van der Waals surface area contributed by atoms with Crippen LogP contribution in [0.15, 0.2) is 11.0 Å². The Bertz CT molecular complexity index is 540. The van der Waals surface area contributed by atoms with E-state index in [1.165, 1.54) is 26.1 Å². The van der Waals surface area contributed by atoms with Crippen molar-refractivity contribution in [1.29, 1.82) is 0 Å². The van der Waals surface area contributed by atoms with Crippen molar-refractivity contribution in [2.75, 3.05) is 12.4 Å². The van der Waals surface area contributed by atoms with E-state index in [4.69, 9.17) is 11.6 Å². The predicted octanol–water partition coefficient (Wildman–Crippen LogP) is 1.28. The molecule has 1 heterocycles. The van der Waals surface area contributed by atoms with E-state index in [9.17, 15) is 9.59 Å². The molecule has 1 aromatic rings. The van der Waals surface area contributed by atoms with Gasteiger partial charge in [0.15, 0.2) is 0 Å². The second kappa shape index (κ2) is 5.61. The van der Waals surface area contributed by atoms with Crippen LogP contribution in [0.1, 0.15) is 19.8 Å². The van der Waals surface area contributed by atoms with Gasteiger partial charge in [-0.05, 0) is 25.7 Å². The van der Waals surface area contributed by atoms with Gasteiger partial charge in [-0.1, -0.05) is 11.6 Å². The fraction of sp³-hybridized carbons (Fsp3) is 0.583. The van der Waals surface area contributed by atoms with Gasteiger partial charge in [-0.25, -0.2) is 4.68 Å². The van der Waals surface area contributed by atoms with E-state index < -0.39 is 11.5 Å². The average molecular weight is 286 g/mol. The Morgan fingerprint density at radius 2 is 2.37 bits per heavy atom. The van der Waals surface area contributed by atoms with E-state index in [2.05, 4.69) is 15.2 Å². The van der Waals surface area contributed by atoms with Crippen LogP contribution in [0.3, 0.4) is 0 Å². The van der Waals surface area contributed by atoms with Crippen LogP contribution in [0, 0.1) is 5.92 Å². The van der Waals surface area contributed by atoms with Crippen LogP contribution >= 0.6 is 11.6 Å². The molecule has 1 unspecified atom stereocenters. The number of carbonyl (C=O) groups is 1. The molecule has 19 heavy (non-hydrogen) atoms. The lowest BCUT2D eigenvalue weighted by molar-refractivity contribution is -0.141. The lowest BCUT2D eigenvalue weighted by Crippen LogP contribution is -2.29. The normalized spacial score (nSPS) is 15.9. The number of esters is 1. The van der Waals surface area contributed by atoms with Gasteiger partial charge >= 0.3 is 5.97 Å². The lowest BCUT2D eigenvalue weighted by Gasteiger charge is -2.15. The Morgan fingerprint density at radius 3 is 2.95 bits per heavy atom. The monoisotopic (exact) mass is 285 g/mol. The number of hydrogen-bond donors (Lipinski definition) is 1. The topological polar surface area (TPSA) is 73.2 Å². The first kappa shape index (κ1) is 13.9. The number of nitrogens with one attached hydrogen (secondary N) is 1. The van der Waals surface area contributed by atoms with Crippen LogP contribution in [-0.4, -0.2) is 28.9 Å². The van der Waals surface area contributed by atoms with Crippen molar-refractivity contribution in [3.63, 3.8) is 0 Å². The summed E-state index contributed by atoms with van der Waals surface area (Å²) in [5.74, 6) is 0.0892. The Kier molecular flexibility index (Phi) is 4.09. The first-order valence-electron chi connectivity index (χ1n) is 6.12. The summed E-state index contributed by atoms with van der Waals surface area (Å²) in [6, 6.07) is 0.259. The van der Waals surface area contributed by atoms with Crippen LogP contribution in [0.5, 0.6) is 0 Å². The van der Waals surface area contributed by atoms with E-state index in [1.54, 1.807) is 0 Å². The molecular formula is C12H16ClN3O3. The molecule has 7 heteroatoms. The zero-order valence-electron chi connectivity index (χ0n) is 10.9. The van der Waals surface area contributed by atoms with Crippen molar-refractivity contribution in [1.82, 2.24) is 9.78 Å². The minimum Gasteiger partial charge on any atom is -0.468 e. The van der Waals surface area contributed by atoms with Crippen LogP contribution in [0.4, 0.5) is 5.69 Å². The van der Waals surface area contributed by atoms with E-state index in [0.717, 1.165) is 4.68 Å². The minimum absolute atomic E-state index is 0.0476. The number of rotatable bonds is 5. The summed E-state index contributed by atoms with van der Waals surface area (Å²) in [5, 5.41) is 7.15. The number of anilines is 1. The lowest BCUT2D eigenvalue weighted by atomic mass is 10.2. The summed E-state index contributed by atoms with van der Waals surface area (Å²) in [6.07, 6.45) is 3.85. The maximum absolute atomic E-state index is 11.9. The van der Waals surface area contributed by atoms with Crippen LogP contribution in [0.25, 0.3) is 0 Å². The summed E-state index contributed by atoms with van der Waals surface area (Å²) < 4.78 is 5.47. The molecule has 1 saturated carbocycles. The van der Waals surface area contributed by atoms with Gasteiger partial charge in [0.05, 0.1) is 19.0 Å². The summed E-state index contributed by atoms with van der Waals surface area (Å²) in [4.78, 5) is 23.1. The largest absolute Gasteiger partial charge is 0.468 e. The molecule has 0 radical (unpaired) electrons. The highest BCUT2D eigenvalue weighted by atomic mass is 35.5. The zero-order chi connectivity index (χ0) is 14.0. The Hall–Kier alpha value is -1.56. The molecule has 0 saturated heterocycles. The highest BCUT2D eigenvalue weighted by Crippen LogP contribution is 2.34. The Morgan fingerprint density at radius 1 is 1.68 bits per heavy atom. The SMILES string of the molecule is COC(=O)Cn1ncc(NC(C)C2CC2)c(Cl)c1=O. The second-order valence-electron chi connectivity index (χ2n) is 4.68. The zero-order valence-corrected chi connectivity index (χ0v) is 11.6. The summed E-state index contributed by atoms with van der Waals surface area (Å²) in [6.45, 7) is 1.81. The molecule has 1 aromatic heterocycles. The average Bonchev–Trinajstić information content (AvgIpc) is 3.22. The number of nitrogens with zero attached hydrogens (tertiary/aromatic N) is 2. The molecule has 1 N–H and O–H groups in total. The van der Waals surface area contributed by atoms with E-state index in [-0.39, 0.29) is 17.6 Å². The van der Waals surface area contributed by atoms with Crippen molar-refractivity contribution in [3.05, 3.63) is 21.6 Å². The maximum atomic E-state index is 11.9. The first-order chi connectivity index (χ1) is 9.02. The van der Waals surface area contributed by atoms with Crippen molar-refractivity contribution in [2.45, 2.75) is 32.4 Å². The third kappa shape index (κ3) is 3.26. The number of methoxy groups -OCH3 is 1. The molecule has 0 amide bonds. The van der Waals surface area contributed by atoms with Crippen molar-refractivity contribution < 1.29 is 9.53 Å². The molecule has 0 spiro atoms. The quantitative estimate of drug-likeness (QED) is 0.825. The highest BCUT2D eigenvalue weighted by molar-refractivity contribution is 6.32. The highest BCUT2D eigenvalue weighted by Gasteiger charge is 2.28. The molecule has 0 bridgehead atoms. The summed E-state index contributed by atoms with van der Waals surface area (Å²) in [5.41, 5.74) is 0.00671. The summed E-state index contributed by atoms with van der Waals surface area (Å²) in [7, 11) is 1.25. The van der Waals surface area contributed by atoms with Gasteiger partial charge in [0, 0.05) is 6.04 Å². The molecular weight excluding hydrogens is 270 g/mol. The van der Waals surface area contributed by atoms with E-state index in [1.807, 2.05) is 6.92 Å². The van der Waals surface area contributed by atoms with Crippen LogP contribution < -0.4 is 10.9 Å². The van der Waals surface area contributed by atoms with Crippen molar-refractivity contribution in [2.24, 2.45) is 5.92 Å². The second-order valence-corrected chi connectivity index (χ2v) is 5.06. The molecule has 1 atom stereocenters. The van der Waals surface area contributed by atoms with Gasteiger partial charge in [-0.15, -0.1) is 0 Å². The maximum Gasteiger partial charge on any atom is 0.327 e. The smallest absolute Gasteiger partial charge is 0.327 e. The van der Waals surface area contributed by atoms with Gasteiger partial charge < -0.3 is 10.1 Å². The fourth-order valence-electron chi connectivity index (χ4n) is 1.82. The Balaban J connectivity index is 2.16. The molecule has 1 fully saturated rings. The summed E-state index contributed by atoms with van der Waals surface area (Å²) >= 11 is 6.01. The first-order valence-corrected chi connectivity index (χ1v) is 6.49. The molecule has 0 aromatic carbocycles. The van der Waals surface area contributed by atoms with Gasteiger partial charge in [0.2, 0.25) is 0 Å². The number of ether oxygens (including phenoxy) is 1. The van der Waals surface area contributed by atoms with Crippen molar-refractivity contribution in [3.8, 4) is 0 Å². The third-order valence-electron chi connectivity index (χ3n) is 3.20. The predicted molar refractivity (Wildman–Crippen MR) is 71.3 cm³/mol. The molecule has 0 aliphatic heterocycles. The van der Waals surface area contributed by atoms with Gasteiger partial charge in [0.1, 0.15) is 11.6 Å². The van der Waals surface area contributed by atoms with Crippen molar-refractivity contribution >= 4 is 23.3 Å². The number of carbonyl (C=O) groups excluding carboxylic acids is 1. The van der Waals surface area contributed by atoms with Gasteiger partial charge in [-0.3, -0.25) is 9.59 Å². The Labute approximate surface area is 115 Å². The standard InChI is InChI=1S/C12H16ClN3O3/c1-7(8-3-4-8)15-9-5-14-16(6-10(17)19-2)12(18)11(9)13/h5,7-8,15H,3-4,6H2,1-2H3. The molecule has 6 nitrogen and oxygen atoms in total.